The smallest absolute Gasteiger partial charge is 0.336 e. The SMILES string of the molecule is Cc1cc(C)c(CNc2cccc(C(=O)O)c2C)cc1C. The first kappa shape index (κ1) is 15.1. The van der Waals surface area contributed by atoms with Gasteiger partial charge in [0.05, 0.1) is 5.56 Å². The molecule has 0 saturated carbocycles. The van der Waals surface area contributed by atoms with E-state index in [4.69, 9.17) is 5.11 Å². The van der Waals surface area contributed by atoms with Crippen LogP contribution in [0.15, 0.2) is 30.3 Å². The molecule has 0 aliphatic carbocycles. The Labute approximate surface area is 125 Å². The summed E-state index contributed by atoms with van der Waals surface area (Å²) in [5.74, 6) is -0.890. The summed E-state index contributed by atoms with van der Waals surface area (Å²) in [6.07, 6.45) is 0. The number of carboxylic acids is 1. The zero-order valence-corrected chi connectivity index (χ0v) is 12.9. The second-order valence-electron chi connectivity index (χ2n) is 5.50. The van der Waals surface area contributed by atoms with E-state index in [0.29, 0.717) is 12.1 Å². The molecule has 2 rings (SSSR count). The number of carboxylic acid groups (broad SMARTS) is 1. The maximum absolute atomic E-state index is 11.2. The zero-order chi connectivity index (χ0) is 15.6. The summed E-state index contributed by atoms with van der Waals surface area (Å²) >= 11 is 0. The largest absolute Gasteiger partial charge is 0.478 e. The lowest BCUT2D eigenvalue weighted by Gasteiger charge is -2.14. The van der Waals surface area contributed by atoms with Crippen molar-refractivity contribution in [1.29, 1.82) is 0 Å². The van der Waals surface area contributed by atoms with Crippen LogP contribution in [0.4, 0.5) is 5.69 Å². The fourth-order valence-corrected chi connectivity index (χ4v) is 2.46. The van der Waals surface area contributed by atoms with Gasteiger partial charge in [0.1, 0.15) is 0 Å². The average molecular weight is 283 g/mol. The molecule has 3 nitrogen and oxygen atoms in total. The molecule has 0 bridgehead atoms. The number of aromatic carboxylic acids is 1. The van der Waals surface area contributed by atoms with Gasteiger partial charge in [-0.25, -0.2) is 4.79 Å². The van der Waals surface area contributed by atoms with Crippen molar-refractivity contribution in [3.8, 4) is 0 Å². The Morgan fingerprint density at radius 3 is 2.38 bits per heavy atom. The van der Waals surface area contributed by atoms with E-state index in [1.54, 1.807) is 12.1 Å². The Balaban J connectivity index is 2.23. The first-order chi connectivity index (χ1) is 9.90. The Morgan fingerprint density at radius 1 is 1.05 bits per heavy atom. The molecule has 0 amide bonds. The van der Waals surface area contributed by atoms with Crippen LogP contribution in [0.1, 0.15) is 38.2 Å². The molecule has 2 N–H and O–H groups in total. The molecule has 21 heavy (non-hydrogen) atoms. The van der Waals surface area contributed by atoms with Crippen molar-refractivity contribution in [2.75, 3.05) is 5.32 Å². The van der Waals surface area contributed by atoms with Crippen LogP contribution in [-0.2, 0) is 6.54 Å². The van der Waals surface area contributed by atoms with E-state index >= 15 is 0 Å². The third-order valence-electron chi connectivity index (χ3n) is 3.99. The van der Waals surface area contributed by atoms with E-state index in [1.807, 2.05) is 13.0 Å². The molecule has 2 aromatic carbocycles. The van der Waals surface area contributed by atoms with Gasteiger partial charge in [-0.1, -0.05) is 18.2 Å². The second kappa shape index (κ2) is 6.00. The van der Waals surface area contributed by atoms with Gasteiger partial charge in [-0.05, 0) is 67.6 Å². The lowest BCUT2D eigenvalue weighted by molar-refractivity contribution is 0.0696. The van der Waals surface area contributed by atoms with Crippen molar-refractivity contribution in [2.45, 2.75) is 34.2 Å². The van der Waals surface area contributed by atoms with Crippen LogP contribution in [0.5, 0.6) is 0 Å². The lowest BCUT2D eigenvalue weighted by atomic mass is 10.0. The molecular weight excluding hydrogens is 262 g/mol. The average Bonchev–Trinajstić information content (AvgIpc) is 2.42. The normalized spacial score (nSPS) is 10.5. The fraction of sp³-hybridized carbons (Fsp3) is 0.278. The number of carbonyl (C=O) groups is 1. The minimum atomic E-state index is -0.890. The quantitative estimate of drug-likeness (QED) is 0.882. The summed E-state index contributed by atoms with van der Waals surface area (Å²) < 4.78 is 0. The Hall–Kier alpha value is -2.29. The van der Waals surface area contributed by atoms with Crippen LogP contribution in [0, 0.1) is 27.7 Å². The van der Waals surface area contributed by atoms with Crippen LogP contribution < -0.4 is 5.32 Å². The summed E-state index contributed by atoms with van der Waals surface area (Å²) in [5.41, 5.74) is 7.03. The van der Waals surface area contributed by atoms with E-state index in [2.05, 4.69) is 38.2 Å². The first-order valence-electron chi connectivity index (χ1n) is 7.03. The molecule has 0 atom stereocenters. The predicted molar refractivity (Wildman–Crippen MR) is 86.1 cm³/mol. The van der Waals surface area contributed by atoms with Gasteiger partial charge in [-0.15, -0.1) is 0 Å². The van der Waals surface area contributed by atoms with Crippen LogP contribution >= 0.6 is 0 Å². The minimum Gasteiger partial charge on any atom is -0.478 e. The number of nitrogens with one attached hydrogen (secondary N) is 1. The number of hydrogen-bond acceptors (Lipinski definition) is 2. The van der Waals surface area contributed by atoms with Gasteiger partial charge in [0, 0.05) is 12.2 Å². The van der Waals surface area contributed by atoms with Crippen LogP contribution in [-0.4, -0.2) is 11.1 Å². The lowest BCUT2D eigenvalue weighted by Crippen LogP contribution is -2.07. The summed E-state index contributed by atoms with van der Waals surface area (Å²) in [6.45, 7) is 8.84. The van der Waals surface area contributed by atoms with Crippen LogP contribution in [0.2, 0.25) is 0 Å². The summed E-state index contributed by atoms with van der Waals surface area (Å²) in [5, 5.41) is 12.5. The standard InChI is InChI=1S/C18H21NO2/c1-11-8-13(3)15(9-12(11)2)10-19-17-7-5-6-16(14(17)4)18(20)21/h5-9,19H,10H2,1-4H3,(H,20,21). The van der Waals surface area contributed by atoms with Crippen molar-refractivity contribution >= 4 is 11.7 Å². The first-order valence-corrected chi connectivity index (χ1v) is 7.03. The van der Waals surface area contributed by atoms with Crippen LogP contribution in [0.25, 0.3) is 0 Å². The van der Waals surface area contributed by atoms with Crippen molar-refractivity contribution in [3.05, 3.63) is 63.7 Å². The van der Waals surface area contributed by atoms with Gasteiger partial charge >= 0.3 is 5.97 Å². The van der Waals surface area contributed by atoms with Crippen LogP contribution in [0.3, 0.4) is 0 Å². The summed E-state index contributed by atoms with van der Waals surface area (Å²) in [4.78, 5) is 11.2. The second-order valence-corrected chi connectivity index (χ2v) is 5.50. The molecule has 0 aliphatic heterocycles. The van der Waals surface area contributed by atoms with E-state index in [0.717, 1.165) is 11.3 Å². The monoisotopic (exact) mass is 283 g/mol. The van der Waals surface area contributed by atoms with Gasteiger partial charge in [0.15, 0.2) is 0 Å². The van der Waals surface area contributed by atoms with Gasteiger partial charge in [0.25, 0.3) is 0 Å². The summed E-state index contributed by atoms with van der Waals surface area (Å²) in [7, 11) is 0. The van der Waals surface area contributed by atoms with Crippen molar-refractivity contribution in [1.82, 2.24) is 0 Å². The topological polar surface area (TPSA) is 49.3 Å². The Bertz CT molecular complexity index is 690. The summed E-state index contributed by atoms with van der Waals surface area (Å²) in [6, 6.07) is 9.69. The highest BCUT2D eigenvalue weighted by Crippen LogP contribution is 2.21. The van der Waals surface area contributed by atoms with E-state index in [1.165, 1.54) is 22.3 Å². The highest BCUT2D eigenvalue weighted by Gasteiger charge is 2.10. The Morgan fingerprint density at radius 2 is 1.71 bits per heavy atom. The molecule has 0 unspecified atom stereocenters. The molecule has 110 valence electrons. The minimum absolute atomic E-state index is 0.344. The van der Waals surface area contributed by atoms with Gasteiger partial charge in [-0.3, -0.25) is 0 Å². The molecule has 0 heterocycles. The molecule has 0 spiro atoms. The molecular formula is C18H21NO2. The molecule has 2 aromatic rings. The van der Waals surface area contributed by atoms with Crippen molar-refractivity contribution in [2.24, 2.45) is 0 Å². The highest BCUT2D eigenvalue weighted by atomic mass is 16.4. The number of aryl methyl sites for hydroxylation is 3. The predicted octanol–water partition coefficient (Wildman–Crippen LogP) is 4.23. The molecule has 0 aliphatic rings. The molecule has 0 radical (unpaired) electrons. The number of benzene rings is 2. The van der Waals surface area contributed by atoms with Crippen molar-refractivity contribution in [3.63, 3.8) is 0 Å². The molecule has 3 heteroatoms. The van der Waals surface area contributed by atoms with Gasteiger partial charge < -0.3 is 10.4 Å². The van der Waals surface area contributed by atoms with Gasteiger partial charge in [0.2, 0.25) is 0 Å². The third-order valence-corrected chi connectivity index (χ3v) is 3.99. The van der Waals surface area contributed by atoms with E-state index in [-0.39, 0.29) is 0 Å². The number of hydrogen-bond donors (Lipinski definition) is 2. The zero-order valence-electron chi connectivity index (χ0n) is 12.9. The fourth-order valence-electron chi connectivity index (χ4n) is 2.46. The molecule has 0 fully saturated rings. The van der Waals surface area contributed by atoms with Crippen molar-refractivity contribution < 1.29 is 9.90 Å². The maximum Gasteiger partial charge on any atom is 0.336 e. The maximum atomic E-state index is 11.2. The molecule has 0 aromatic heterocycles. The highest BCUT2D eigenvalue weighted by molar-refractivity contribution is 5.91. The van der Waals surface area contributed by atoms with E-state index in [9.17, 15) is 4.79 Å². The van der Waals surface area contributed by atoms with Gasteiger partial charge in [-0.2, -0.15) is 0 Å². The third kappa shape index (κ3) is 3.24. The number of anilines is 1. The molecule has 0 saturated heterocycles. The Kier molecular flexibility index (Phi) is 4.32. The number of rotatable bonds is 4. The van der Waals surface area contributed by atoms with E-state index < -0.39 is 5.97 Å².